The molecule has 0 spiro atoms. The van der Waals surface area contributed by atoms with Gasteiger partial charge in [0.05, 0.1) is 7.11 Å². The fourth-order valence-corrected chi connectivity index (χ4v) is 3.03. The van der Waals surface area contributed by atoms with E-state index in [1.54, 1.807) is 0 Å². The Morgan fingerprint density at radius 3 is 2.60 bits per heavy atom. The van der Waals surface area contributed by atoms with Crippen LogP contribution in [0.4, 0.5) is 5.69 Å². The van der Waals surface area contributed by atoms with E-state index >= 15 is 0 Å². The summed E-state index contributed by atoms with van der Waals surface area (Å²) in [6, 6.07) is 7.92. The first-order valence-corrected chi connectivity index (χ1v) is 7.51. The van der Waals surface area contributed by atoms with Crippen LogP contribution in [0.15, 0.2) is 24.3 Å². The van der Waals surface area contributed by atoms with Gasteiger partial charge in [0, 0.05) is 5.69 Å². The van der Waals surface area contributed by atoms with Gasteiger partial charge < -0.3 is 10.1 Å². The molecule has 1 fully saturated rings. The number of nitrogens with one attached hydrogen (secondary N) is 1. The Hall–Kier alpha value is -1.51. The summed E-state index contributed by atoms with van der Waals surface area (Å²) < 4.78 is 4.99. The van der Waals surface area contributed by atoms with Crippen molar-refractivity contribution >= 4 is 11.7 Å². The Bertz CT molecular complexity index is 450. The van der Waals surface area contributed by atoms with Crippen LogP contribution in [0.3, 0.4) is 0 Å². The third-order valence-corrected chi connectivity index (χ3v) is 4.33. The zero-order chi connectivity index (χ0) is 14.5. The average molecular weight is 275 g/mol. The second-order valence-electron chi connectivity index (χ2n) is 6.03. The summed E-state index contributed by atoms with van der Waals surface area (Å²) in [5, 5.41) is 3.38. The molecule has 0 amide bonds. The first-order chi connectivity index (χ1) is 9.60. The molecule has 1 aromatic carbocycles. The predicted molar refractivity (Wildman–Crippen MR) is 81.7 cm³/mol. The minimum atomic E-state index is -0.228. The molecule has 1 atom stereocenters. The largest absolute Gasteiger partial charge is 0.467 e. The van der Waals surface area contributed by atoms with Gasteiger partial charge in [-0.3, -0.25) is 0 Å². The molecule has 1 aromatic rings. The van der Waals surface area contributed by atoms with Crippen LogP contribution in [0.25, 0.3) is 0 Å². The molecule has 0 heterocycles. The second kappa shape index (κ2) is 6.78. The van der Waals surface area contributed by atoms with Crippen LogP contribution in [0.5, 0.6) is 0 Å². The van der Waals surface area contributed by atoms with Gasteiger partial charge in [-0.1, -0.05) is 31.9 Å². The molecule has 110 valence electrons. The highest BCUT2D eigenvalue weighted by atomic mass is 16.5. The van der Waals surface area contributed by atoms with Crippen LogP contribution < -0.4 is 5.32 Å². The van der Waals surface area contributed by atoms with Crippen molar-refractivity contribution in [2.24, 2.45) is 11.8 Å². The number of esters is 1. The van der Waals surface area contributed by atoms with Gasteiger partial charge in [0.25, 0.3) is 0 Å². The Morgan fingerprint density at radius 2 is 2.00 bits per heavy atom. The van der Waals surface area contributed by atoms with E-state index in [2.05, 4.69) is 31.3 Å². The molecule has 0 aromatic heterocycles. The molecule has 0 bridgehead atoms. The Morgan fingerprint density at radius 1 is 1.30 bits per heavy atom. The van der Waals surface area contributed by atoms with Crippen LogP contribution in [-0.4, -0.2) is 19.1 Å². The lowest BCUT2D eigenvalue weighted by Crippen LogP contribution is -2.39. The molecule has 0 aliphatic heterocycles. The number of hydrogen-bond acceptors (Lipinski definition) is 3. The van der Waals surface area contributed by atoms with Crippen LogP contribution in [0, 0.1) is 18.8 Å². The molecule has 1 unspecified atom stereocenters. The first kappa shape index (κ1) is 14.9. The van der Waals surface area contributed by atoms with E-state index in [9.17, 15) is 4.79 Å². The minimum Gasteiger partial charge on any atom is -0.467 e. The van der Waals surface area contributed by atoms with E-state index in [1.165, 1.54) is 25.5 Å². The van der Waals surface area contributed by atoms with E-state index in [0.29, 0.717) is 5.92 Å². The van der Waals surface area contributed by atoms with Crippen molar-refractivity contribution in [2.45, 2.75) is 45.6 Å². The van der Waals surface area contributed by atoms with Gasteiger partial charge in [0.15, 0.2) is 0 Å². The molecule has 1 aliphatic carbocycles. The van der Waals surface area contributed by atoms with Gasteiger partial charge >= 0.3 is 5.97 Å². The molecular weight excluding hydrogens is 250 g/mol. The summed E-state index contributed by atoms with van der Waals surface area (Å²) in [4.78, 5) is 12.1. The summed E-state index contributed by atoms with van der Waals surface area (Å²) in [6.07, 6.45) is 4.60. The van der Waals surface area contributed by atoms with Gasteiger partial charge in [-0.15, -0.1) is 0 Å². The highest BCUT2D eigenvalue weighted by Gasteiger charge is 2.31. The van der Waals surface area contributed by atoms with Crippen molar-refractivity contribution in [1.29, 1.82) is 0 Å². The number of anilines is 1. The fourth-order valence-electron chi connectivity index (χ4n) is 3.03. The number of benzene rings is 1. The van der Waals surface area contributed by atoms with Gasteiger partial charge in [0.2, 0.25) is 0 Å². The van der Waals surface area contributed by atoms with Crippen LogP contribution in [0.1, 0.15) is 38.2 Å². The van der Waals surface area contributed by atoms with Crippen molar-refractivity contribution in [3.63, 3.8) is 0 Å². The van der Waals surface area contributed by atoms with Gasteiger partial charge in [-0.05, 0) is 49.3 Å². The fraction of sp³-hybridized carbons (Fsp3) is 0.588. The summed E-state index contributed by atoms with van der Waals surface area (Å²) in [5.41, 5.74) is 2.19. The number of rotatable bonds is 4. The van der Waals surface area contributed by atoms with Crippen LogP contribution >= 0.6 is 0 Å². The maximum absolute atomic E-state index is 12.1. The summed E-state index contributed by atoms with van der Waals surface area (Å²) in [7, 11) is 1.47. The Kier molecular flexibility index (Phi) is 5.05. The third kappa shape index (κ3) is 3.75. The zero-order valence-electron chi connectivity index (χ0n) is 12.7. The smallest absolute Gasteiger partial charge is 0.328 e. The summed E-state index contributed by atoms with van der Waals surface area (Å²) >= 11 is 0. The standard InChI is InChI=1S/C17H25NO2/c1-12-7-9-14(10-8-12)16(17(19)20-3)18-15-6-4-5-13(2)11-15/h4-6,11-12,14,16,18H,7-10H2,1-3H3. The molecule has 0 radical (unpaired) electrons. The molecule has 0 saturated heterocycles. The summed E-state index contributed by atoms with van der Waals surface area (Å²) in [5.74, 6) is 1.01. The molecule has 3 nitrogen and oxygen atoms in total. The molecule has 2 rings (SSSR count). The number of aryl methyl sites for hydroxylation is 1. The normalized spacial score (nSPS) is 23.9. The molecule has 1 saturated carbocycles. The lowest BCUT2D eigenvalue weighted by Gasteiger charge is -2.32. The van der Waals surface area contributed by atoms with Gasteiger partial charge in [0.1, 0.15) is 6.04 Å². The lowest BCUT2D eigenvalue weighted by molar-refractivity contribution is -0.143. The monoisotopic (exact) mass is 275 g/mol. The van der Waals surface area contributed by atoms with E-state index in [0.717, 1.165) is 24.4 Å². The molecule has 1 aliphatic rings. The van der Waals surface area contributed by atoms with Crippen molar-refractivity contribution in [3.05, 3.63) is 29.8 Å². The number of methoxy groups -OCH3 is 1. The predicted octanol–water partition coefficient (Wildman–Crippen LogP) is 3.77. The van der Waals surface area contributed by atoms with Crippen molar-refractivity contribution in [3.8, 4) is 0 Å². The highest BCUT2D eigenvalue weighted by molar-refractivity contribution is 5.79. The van der Waals surface area contributed by atoms with Crippen molar-refractivity contribution in [1.82, 2.24) is 0 Å². The van der Waals surface area contributed by atoms with E-state index in [1.807, 2.05) is 12.1 Å². The number of carbonyl (C=O) groups excluding carboxylic acids is 1. The third-order valence-electron chi connectivity index (χ3n) is 4.33. The summed E-state index contributed by atoms with van der Waals surface area (Å²) in [6.45, 7) is 4.35. The number of carbonyl (C=O) groups is 1. The molecule has 20 heavy (non-hydrogen) atoms. The van der Waals surface area contributed by atoms with Crippen LogP contribution in [0.2, 0.25) is 0 Å². The van der Waals surface area contributed by atoms with Crippen molar-refractivity contribution < 1.29 is 9.53 Å². The lowest BCUT2D eigenvalue weighted by atomic mass is 9.79. The van der Waals surface area contributed by atoms with E-state index in [4.69, 9.17) is 4.74 Å². The van der Waals surface area contributed by atoms with Crippen LogP contribution in [-0.2, 0) is 9.53 Å². The molecule has 3 heteroatoms. The van der Waals surface area contributed by atoms with E-state index in [-0.39, 0.29) is 12.0 Å². The second-order valence-corrected chi connectivity index (χ2v) is 6.03. The maximum atomic E-state index is 12.1. The minimum absolute atomic E-state index is 0.147. The zero-order valence-corrected chi connectivity index (χ0v) is 12.7. The van der Waals surface area contributed by atoms with Gasteiger partial charge in [-0.2, -0.15) is 0 Å². The van der Waals surface area contributed by atoms with E-state index < -0.39 is 0 Å². The maximum Gasteiger partial charge on any atom is 0.328 e. The molecular formula is C17H25NO2. The quantitative estimate of drug-likeness (QED) is 0.850. The average Bonchev–Trinajstić information content (AvgIpc) is 2.45. The molecule has 1 N–H and O–H groups in total. The SMILES string of the molecule is COC(=O)C(Nc1cccc(C)c1)C1CCC(C)CC1. The topological polar surface area (TPSA) is 38.3 Å². The Labute approximate surface area is 121 Å². The highest BCUT2D eigenvalue weighted by Crippen LogP contribution is 2.32. The van der Waals surface area contributed by atoms with Crippen molar-refractivity contribution in [2.75, 3.05) is 12.4 Å². The number of ether oxygens (including phenoxy) is 1. The first-order valence-electron chi connectivity index (χ1n) is 7.51. The number of hydrogen-bond donors (Lipinski definition) is 1. The van der Waals surface area contributed by atoms with Gasteiger partial charge in [-0.25, -0.2) is 4.79 Å². The Balaban J connectivity index is 2.09.